The molecule has 0 fully saturated rings. The fourth-order valence-corrected chi connectivity index (χ4v) is 3.29. The van der Waals surface area contributed by atoms with Crippen LogP contribution in [0.15, 0.2) is 30.3 Å². The first-order valence-corrected chi connectivity index (χ1v) is 8.43. The number of ether oxygens (including phenoxy) is 1. The fraction of sp³-hybridized carbons (Fsp3) is 0.300. The molecular formula is C20H16F6O. The zero-order valence-electron chi connectivity index (χ0n) is 14.4. The van der Waals surface area contributed by atoms with Crippen molar-refractivity contribution in [1.29, 1.82) is 0 Å². The van der Waals surface area contributed by atoms with E-state index in [1.807, 2.05) is 6.92 Å². The Labute approximate surface area is 152 Å². The Balaban J connectivity index is 1.92. The maximum Gasteiger partial charge on any atom is 0.573 e. The molecule has 0 N–H and O–H groups in total. The summed E-state index contributed by atoms with van der Waals surface area (Å²) < 4.78 is 83.8. The Morgan fingerprint density at radius 1 is 1.04 bits per heavy atom. The van der Waals surface area contributed by atoms with Gasteiger partial charge in [0, 0.05) is 5.56 Å². The second-order valence-corrected chi connectivity index (χ2v) is 6.36. The first-order chi connectivity index (χ1) is 12.7. The highest BCUT2D eigenvalue weighted by Crippen LogP contribution is 2.36. The van der Waals surface area contributed by atoms with Gasteiger partial charge in [0.25, 0.3) is 0 Å². The van der Waals surface area contributed by atoms with Crippen molar-refractivity contribution in [2.45, 2.75) is 39.0 Å². The largest absolute Gasteiger partial charge is 0.573 e. The molecule has 3 rings (SSSR count). The molecule has 0 bridgehead atoms. The Morgan fingerprint density at radius 3 is 2.30 bits per heavy atom. The molecule has 0 radical (unpaired) electrons. The minimum atomic E-state index is -5.00. The van der Waals surface area contributed by atoms with E-state index in [2.05, 4.69) is 4.74 Å². The van der Waals surface area contributed by atoms with Crippen LogP contribution in [-0.4, -0.2) is 6.36 Å². The smallest absolute Gasteiger partial charge is 0.403 e. The fourth-order valence-electron chi connectivity index (χ4n) is 3.29. The lowest BCUT2D eigenvalue weighted by Gasteiger charge is -2.21. The highest BCUT2D eigenvalue weighted by atomic mass is 19.4. The van der Waals surface area contributed by atoms with Crippen molar-refractivity contribution in [3.8, 4) is 5.75 Å². The lowest BCUT2D eigenvalue weighted by atomic mass is 9.86. The van der Waals surface area contributed by atoms with Crippen LogP contribution in [0.4, 0.5) is 26.3 Å². The number of alkyl halides is 3. The summed E-state index contributed by atoms with van der Waals surface area (Å²) in [7, 11) is 0. The zero-order chi connectivity index (χ0) is 19.8. The number of halogens is 6. The summed E-state index contributed by atoms with van der Waals surface area (Å²) in [5.41, 5.74) is 1.11. The number of hydrogen-bond acceptors (Lipinski definition) is 1. The van der Waals surface area contributed by atoms with Gasteiger partial charge in [-0.3, -0.25) is 0 Å². The third-order valence-electron chi connectivity index (χ3n) is 4.43. The van der Waals surface area contributed by atoms with Gasteiger partial charge >= 0.3 is 6.36 Å². The van der Waals surface area contributed by atoms with E-state index in [1.54, 1.807) is 0 Å². The van der Waals surface area contributed by atoms with E-state index in [4.69, 9.17) is 0 Å². The van der Waals surface area contributed by atoms with Crippen LogP contribution in [0, 0.1) is 17.5 Å². The minimum Gasteiger partial charge on any atom is -0.403 e. The quantitative estimate of drug-likeness (QED) is 0.574. The first kappa shape index (κ1) is 19.3. The predicted molar refractivity (Wildman–Crippen MR) is 88.8 cm³/mol. The molecule has 144 valence electrons. The molecule has 0 aromatic heterocycles. The van der Waals surface area contributed by atoms with Gasteiger partial charge in [0.15, 0.2) is 11.6 Å². The lowest BCUT2D eigenvalue weighted by Crippen LogP contribution is -2.19. The van der Waals surface area contributed by atoms with E-state index in [0.717, 1.165) is 12.5 Å². The molecule has 0 spiro atoms. The molecule has 0 aliphatic heterocycles. The molecule has 0 amide bonds. The summed E-state index contributed by atoms with van der Waals surface area (Å²) in [6.45, 7) is 1.90. The molecule has 1 aliphatic carbocycles. The Bertz CT molecular complexity index is 875. The van der Waals surface area contributed by atoms with Crippen LogP contribution in [-0.2, 0) is 19.3 Å². The highest BCUT2D eigenvalue weighted by Gasteiger charge is 2.33. The summed E-state index contributed by atoms with van der Waals surface area (Å²) in [6.07, 6.45) is -2.35. The third kappa shape index (κ3) is 4.12. The van der Waals surface area contributed by atoms with Gasteiger partial charge in [0.2, 0.25) is 0 Å². The van der Waals surface area contributed by atoms with Gasteiger partial charge in [-0.2, -0.15) is 0 Å². The maximum atomic E-state index is 14.4. The highest BCUT2D eigenvalue weighted by molar-refractivity contribution is 5.72. The van der Waals surface area contributed by atoms with Crippen molar-refractivity contribution in [1.82, 2.24) is 0 Å². The van der Waals surface area contributed by atoms with Gasteiger partial charge in [-0.1, -0.05) is 25.5 Å². The zero-order valence-corrected chi connectivity index (χ0v) is 14.4. The van der Waals surface area contributed by atoms with E-state index in [-0.39, 0.29) is 24.0 Å². The van der Waals surface area contributed by atoms with Crippen molar-refractivity contribution in [2.75, 3.05) is 0 Å². The second kappa shape index (κ2) is 7.29. The minimum absolute atomic E-state index is 0.0134. The molecule has 0 saturated carbocycles. The van der Waals surface area contributed by atoms with Crippen LogP contribution in [0.25, 0.3) is 5.57 Å². The van der Waals surface area contributed by atoms with E-state index in [9.17, 15) is 26.3 Å². The van der Waals surface area contributed by atoms with E-state index >= 15 is 0 Å². The number of fused-ring (bicyclic) bond motifs is 1. The lowest BCUT2D eigenvalue weighted by molar-refractivity contribution is -0.275. The van der Waals surface area contributed by atoms with Crippen LogP contribution < -0.4 is 4.74 Å². The molecule has 2 aromatic rings. The topological polar surface area (TPSA) is 9.23 Å². The van der Waals surface area contributed by atoms with E-state index < -0.39 is 29.6 Å². The number of benzene rings is 2. The van der Waals surface area contributed by atoms with Crippen LogP contribution in [0.1, 0.15) is 35.6 Å². The number of allylic oxidation sites excluding steroid dienone is 2. The van der Waals surface area contributed by atoms with E-state index in [1.165, 1.54) is 24.3 Å². The van der Waals surface area contributed by atoms with Gasteiger partial charge < -0.3 is 4.74 Å². The summed E-state index contributed by atoms with van der Waals surface area (Å²) in [5.74, 6) is -3.44. The van der Waals surface area contributed by atoms with Crippen LogP contribution in [0.2, 0.25) is 0 Å². The van der Waals surface area contributed by atoms with Gasteiger partial charge in [0.1, 0.15) is 11.6 Å². The summed E-state index contributed by atoms with van der Waals surface area (Å²) >= 11 is 0. The Morgan fingerprint density at radius 2 is 1.70 bits per heavy atom. The number of aryl methyl sites for hydroxylation is 1. The molecule has 27 heavy (non-hydrogen) atoms. The molecule has 1 nitrogen and oxygen atoms in total. The molecule has 1 aliphatic rings. The molecule has 0 atom stereocenters. The normalized spacial score (nSPS) is 14.0. The van der Waals surface area contributed by atoms with Crippen molar-refractivity contribution in [3.63, 3.8) is 0 Å². The maximum absolute atomic E-state index is 14.4. The second-order valence-electron chi connectivity index (χ2n) is 6.36. The van der Waals surface area contributed by atoms with Crippen molar-refractivity contribution in [3.05, 3.63) is 70.0 Å². The van der Waals surface area contributed by atoms with E-state index in [0.29, 0.717) is 23.1 Å². The molecule has 0 unspecified atom stereocenters. The molecule has 0 heterocycles. The molecular weight excluding hydrogens is 370 g/mol. The summed E-state index contributed by atoms with van der Waals surface area (Å²) in [4.78, 5) is 0. The third-order valence-corrected chi connectivity index (χ3v) is 4.43. The molecule has 2 aromatic carbocycles. The van der Waals surface area contributed by atoms with Gasteiger partial charge in [-0.05, 0) is 59.7 Å². The molecule has 7 heteroatoms. The number of hydrogen-bond donors (Lipinski definition) is 0. The van der Waals surface area contributed by atoms with Crippen LogP contribution in [0.5, 0.6) is 5.75 Å². The average Bonchev–Trinajstić information content (AvgIpc) is 2.56. The predicted octanol–water partition coefficient (Wildman–Crippen LogP) is 6.14. The SMILES string of the molecule is CCCc1cc(F)c(C2=CCc3c(ccc(OC(F)(F)F)c3F)C2)c(F)c1. The van der Waals surface area contributed by atoms with Gasteiger partial charge in [-0.15, -0.1) is 13.2 Å². The monoisotopic (exact) mass is 386 g/mol. The Hall–Kier alpha value is -2.44. The van der Waals surface area contributed by atoms with Crippen molar-refractivity contribution >= 4 is 5.57 Å². The van der Waals surface area contributed by atoms with Crippen molar-refractivity contribution in [2.24, 2.45) is 0 Å². The average molecular weight is 386 g/mol. The summed E-state index contributed by atoms with van der Waals surface area (Å²) in [5, 5.41) is 0. The Kier molecular flexibility index (Phi) is 5.22. The van der Waals surface area contributed by atoms with Gasteiger partial charge in [-0.25, -0.2) is 13.2 Å². The van der Waals surface area contributed by atoms with Gasteiger partial charge in [0.05, 0.1) is 0 Å². The van der Waals surface area contributed by atoms with Crippen molar-refractivity contribution < 1.29 is 31.1 Å². The van der Waals surface area contributed by atoms with Crippen LogP contribution >= 0.6 is 0 Å². The first-order valence-electron chi connectivity index (χ1n) is 8.43. The standard InChI is InChI=1S/C20H16F6O/c1-2-3-11-8-15(21)18(16(22)9-11)13-4-6-14-12(10-13)5-7-17(19(14)23)27-20(24,25)26/h4-5,7-9H,2-3,6,10H2,1H3. The summed E-state index contributed by atoms with van der Waals surface area (Å²) in [6, 6.07) is 4.72. The molecule has 0 saturated heterocycles. The van der Waals surface area contributed by atoms with Crippen LogP contribution in [0.3, 0.4) is 0 Å². The number of rotatable bonds is 4.